The van der Waals surface area contributed by atoms with Gasteiger partial charge in [0.25, 0.3) is 0 Å². The van der Waals surface area contributed by atoms with Gasteiger partial charge in [0.15, 0.2) is 0 Å². The molecule has 0 saturated heterocycles. The number of rotatable bonds is 4. The van der Waals surface area contributed by atoms with E-state index in [2.05, 4.69) is 11.2 Å². The van der Waals surface area contributed by atoms with E-state index in [9.17, 15) is 4.79 Å². The molecule has 0 unspecified atom stereocenters. The van der Waals surface area contributed by atoms with E-state index < -0.39 is 5.97 Å². The number of benzene rings is 2. The molecule has 0 aliphatic rings. The van der Waals surface area contributed by atoms with Crippen molar-refractivity contribution < 1.29 is 9.90 Å². The minimum Gasteiger partial charge on any atom is -0.478 e. The minimum absolute atomic E-state index is 0.296. The van der Waals surface area contributed by atoms with E-state index in [1.807, 2.05) is 41.2 Å². The molecule has 0 bridgehead atoms. The number of carbonyl (C=O) groups is 1. The van der Waals surface area contributed by atoms with Crippen molar-refractivity contribution in [3.63, 3.8) is 0 Å². The number of hydrogen-bond acceptors (Lipinski definition) is 2. The predicted molar refractivity (Wildman–Crippen MR) is 80.2 cm³/mol. The van der Waals surface area contributed by atoms with Crippen LogP contribution < -0.4 is 0 Å². The molecule has 0 fully saturated rings. The van der Waals surface area contributed by atoms with Gasteiger partial charge in [-0.2, -0.15) is 5.10 Å². The van der Waals surface area contributed by atoms with E-state index in [1.165, 1.54) is 0 Å². The molecular formula is C17H14N2O2. The number of aromatic carboxylic acids is 1. The van der Waals surface area contributed by atoms with Crippen molar-refractivity contribution in [2.24, 2.45) is 0 Å². The zero-order valence-electron chi connectivity index (χ0n) is 11.3. The normalized spacial score (nSPS) is 10.5. The largest absolute Gasteiger partial charge is 0.478 e. The summed E-state index contributed by atoms with van der Waals surface area (Å²) in [6.07, 6.45) is 3.66. The van der Waals surface area contributed by atoms with E-state index in [0.717, 1.165) is 16.7 Å². The maximum Gasteiger partial charge on any atom is 0.335 e. The highest BCUT2D eigenvalue weighted by Gasteiger charge is 2.05. The molecule has 0 amide bonds. The summed E-state index contributed by atoms with van der Waals surface area (Å²) in [5.74, 6) is -0.912. The van der Waals surface area contributed by atoms with Gasteiger partial charge in [-0.1, -0.05) is 30.3 Å². The average molecular weight is 278 g/mol. The van der Waals surface area contributed by atoms with Crippen LogP contribution in [0.15, 0.2) is 67.0 Å². The second kappa shape index (κ2) is 5.63. The van der Waals surface area contributed by atoms with Gasteiger partial charge >= 0.3 is 5.97 Å². The zero-order valence-corrected chi connectivity index (χ0v) is 11.3. The summed E-state index contributed by atoms with van der Waals surface area (Å²) in [7, 11) is 0. The average Bonchev–Trinajstić information content (AvgIpc) is 3.00. The molecule has 0 radical (unpaired) electrons. The van der Waals surface area contributed by atoms with Crippen LogP contribution in [-0.2, 0) is 6.54 Å². The molecule has 0 aliphatic heterocycles. The zero-order chi connectivity index (χ0) is 14.7. The summed E-state index contributed by atoms with van der Waals surface area (Å²) in [6.45, 7) is 0.694. The first-order valence-corrected chi connectivity index (χ1v) is 6.62. The Labute approximate surface area is 122 Å². The van der Waals surface area contributed by atoms with Gasteiger partial charge in [-0.15, -0.1) is 0 Å². The van der Waals surface area contributed by atoms with E-state index in [-0.39, 0.29) is 0 Å². The third kappa shape index (κ3) is 3.00. The molecule has 1 aromatic heterocycles. The number of aromatic nitrogens is 2. The first-order valence-electron chi connectivity index (χ1n) is 6.62. The molecule has 4 heteroatoms. The molecule has 1 N–H and O–H groups in total. The number of hydrogen-bond donors (Lipinski definition) is 1. The lowest BCUT2D eigenvalue weighted by Gasteiger charge is -2.07. The third-order valence-corrected chi connectivity index (χ3v) is 3.27. The molecule has 0 spiro atoms. The Morgan fingerprint density at radius 3 is 2.52 bits per heavy atom. The smallest absolute Gasteiger partial charge is 0.335 e. The van der Waals surface area contributed by atoms with Crippen LogP contribution in [-0.4, -0.2) is 20.9 Å². The van der Waals surface area contributed by atoms with E-state index >= 15 is 0 Å². The summed E-state index contributed by atoms with van der Waals surface area (Å²) >= 11 is 0. The Balaban J connectivity index is 1.92. The van der Waals surface area contributed by atoms with Gasteiger partial charge < -0.3 is 5.11 Å². The molecule has 4 nitrogen and oxygen atoms in total. The Kier molecular flexibility index (Phi) is 3.51. The Morgan fingerprint density at radius 2 is 1.81 bits per heavy atom. The minimum atomic E-state index is -0.912. The SMILES string of the molecule is O=C(O)c1cccc(-c2cccc(Cn3cccn3)c2)c1. The van der Waals surface area contributed by atoms with Gasteiger partial charge in [-0.3, -0.25) is 4.68 Å². The van der Waals surface area contributed by atoms with Gasteiger partial charge in [0.05, 0.1) is 12.1 Å². The maximum absolute atomic E-state index is 11.1. The molecule has 0 atom stereocenters. The second-order valence-electron chi connectivity index (χ2n) is 4.79. The van der Waals surface area contributed by atoms with Gasteiger partial charge in [-0.05, 0) is 41.0 Å². The molecule has 2 aromatic carbocycles. The predicted octanol–water partition coefficient (Wildman–Crippen LogP) is 3.30. The molecule has 1 heterocycles. The van der Waals surface area contributed by atoms with Crippen molar-refractivity contribution in [1.82, 2.24) is 9.78 Å². The maximum atomic E-state index is 11.1. The molecule has 3 aromatic rings. The van der Waals surface area contributed by atoms with Crippen LogP contribution in [0.2, 0.25) is 0 Å². The topological polar surface area (TPSA) is 55.1 Å². The van der Waals surface area contributed by atoms with Crippen molar-refractivity contribution in [3.05, 3.63) is 78.1 Å². The van der Waals surface area contributed by atoms with Crippen LogP contribution in [0.4, 0.5) is 0 Å². The van der Waals surface area contributed by atoms with Crippen molar-refractivity contribution in [2.45, 2.75) is 6.54 Å². The van der Waals surface area contributed by atoms with Gasteiger partial charge in [0.2, 0.25) is 0 Å². The molecular weight excluding hydrogens is 264 g/mol. The Hall–Kier alpha value is -2.88. The molecule has 21 heavy (non-hydrogen) atoms. The van der Waals surface area contributed by atoms with E-state index in [1.54, 1.807) is 24.4 Å². The van der Waals surface area contributed by atoms with Gasteiger partial charge in [0.1, 0.15) is 0 Å². The summed E-state index contributed by atoms with van der Waals surface area (Å²) in [4.78, 5) is 11.1. The molecule has 104 valence electrons. The molecule has 0 aliphatic carbocycles. The highest BCUT2D eigenvalue weighted by atomic mass is 16.4. The molecule has 0 saturated carbocycles. The summed E-state index contributed by atoms with van der Waals surface area (Å²) in [5.41, 5.74) is 3.32. The number of carboxylic acids is 1. The van der Waals surface area contributed by atoms with Crippen LogP contribution in [0, 0.1) is 0 Å². The summed E-state index contributed by atoms with van der Waals surface area (Å²) in [5, 5.41) is 13.3. The van der Waals surface area contributed by atoms with Crippen LogP contribution in [0.25, 0.3) is 11.1 Å². The quantitative estimate of drug-likeness (QED) is 0.796. The Morgan fingerprint density at radius 1 is 1.05 bits per heavy atom. The van der Waals surface area contributed by atoms with Crippen LogP contribution in [0.3, 0.4) is 0 Å². The van der Waals surface area contributed by atoms with E-state index in [0.29, 0.717) is 12.1 Å². The fourth-order valence-electron chi connectivity index (χ4n) is 2.26. The first kappa shape index (κ1) is 13.1. The van der Waals surface area contributed by atoms with Gasteiger partial charge in [0, 0.05) is 12.4 Å². The standard InChI is InChI=1S/C17H14N2O2/c20-17(21)16-7-2-6-15(11-16)14-5-1-4-13(10-14)12-19-9-3-8-18-19/h1-11H,12H2,(H,20,21). The first-order chi connectivity index (χ1) is 10.2. The monoisotopic (exact) mass is 278 g/mol. The fraction of sp³-hybridized carbons (Fsp3) is 0.0588. The lowest BCUT2D eigenvalue weighted by molar-refractivity contribution is 0.0697. The highest BCUT2D eigenvalue weighted by molar-refractivity contribution is 5.89. The van der Waals surface area contributed by atoms with Crippen LogP contribution >= 0.6 is 0 Å². The van der Waals surface area contributed by atoms with Crippen molar-refractivity contribution >= 4 is 5.97 Å². The van der Waals surface area contributed by atoms with Gasteiger partial charge in [-0.25, -0.2) is 4.79 Å². The fourth-order valence-corrected chi connectivity index (χ4v) is 2.26. The summed E-state index contributed by atoms with van der Waals surface area (Å²) in [6, 6.07) is 16.9. The number of nitrogens with zero attached hydrogens (tertiary/aromatic N) is 2. The highest BCUT2D eigenvalue weighted by Crippen LogP contribution is 2.22. The number of carboxylic acid groups (broad SMARTS) is 1. The van der Waals surface area contributed by atoms with Crippen LogP contribution in [0.5, 0.6) is 0 Å². The lowest BCUT2D eigenvalue weighted by Crippen LogP contribution is -2.00. The third-order valence-electron chi connectivity index (χ3n) is 3.27. The lowest BCUT2D eigenvalue weighted by atomic mass is 10.0. The Bertz CT molecular complexity index is 764. The second-order valence-corrected chi connectivity index (χ2v) is 4.79. The van der Waals surface area contributed by atoms with E-state index in [4.69, 9.17) is 5.11 Å². The van der Waals surface area contributed by atoms with Crippen LogP contribution in [0.1, 0.15) is 15.9 Å². The summed E-state index contributed by atoms with van der Waals surface area (Å²) < 4.78 is 1.85. The molecule has 3 rings (SSSR count). The van der Waals surface area contributed by atoms with Crippen molar-refractivity contribution in [1.29, 1.82) is 0 Å². The van der Waals surface area contributed by atoms with Crippen molar-refractivity contribution in [2.75, 3.05) is 0 Å². The van der Waals surface area contributed by atoms with Crippen molar-refractivity contribution in [3.8, 4) is 11.1 Å².